The predicted molar refractivity (Wildman–Crippen MR) is 99.9 cm³/mol. The Labute approximate surface area is 150 Å². The average Bonchev–Trinajstić information content (AvgIpc) is 2.68. The molecule has 0 saturated carbocycles. The van der Waals surface area contributed by atoms with Crippen LogP contribution in [0.1, 0.15) is 11.1 Å². The smallest absolute Gasteiger partial charge is 0.227 e. The van der Waals surface area contributed by atoms with Crippen LogP contribution in [-0.4, -0.2) is 55.5 Å². The van der Waals surface area contributed by atoms with Crippen molar-refractivity contribution in [3.8, 4) is 5.75 Å². The normalized spacial score (nSPS) is 15.2. The Kier molecular flexibility index (Phi) is 6.07. The maximum atomic E-state index is 12.5. The van der Waals surface area contributed by atoms with Crippen LogP contribution < -0.4 is 4.74 Å². The van der Waals surface area contributed by atoms with Crippen LogP contribution in [0.2, 0.25) is 0 Å². The highest BCUT2D eigenvalue weighted by atomic mass is 16.5. The van der Waals surface area contributed by atoms with Crippen molar-refractivity contribution in [1.82, 2.24) is 9.80 Å². The first kappa shape index (κ1) is 17.5. The molecule has 0 radical (unpaired) electrons. The van der Waals surface area contributed by atoms with Crippen molar-refractivity contribution in [3.63, 3.8) is 0 Å². The second kappa shape index (κ2) is 8.67. The van der Waals surface area contributed by atoms with E-state index in [0.717, 1.165) is 50.5 Å². The van der Waals surface area contributed by atoms with Crippen LogP contribution in [0.25, 0.3) is 0 Å². The van der Waals surface area contributed by atoms with Gasteiger partial charge >= 0.3 is 0 Å². The lowest BCUT2D eigenvalue weighted by molar-refractivity contribution is -0.132. The van der Waals surface area contributed by atoms with Crippen LogP contribution in [0.15, 0.2) is 54.6 Å². The molecule has 132 valence electrons. The maximum Gasteiger partial charge on any atom is 0.227 e. The van der Waals surface area contributed by atoms with E-state index in [2.05, 4.69) is 35.2 Å². The Bertz CT molecular complexity index is 662. The zero-order chi connectivity index (χ0) is 17.5. The molecule has 25 heavy (non-hydrogen) atoms. The molecule has 0 spiro atoms. The van der Waals surface area contributed by atoms with Gasteiger partial charge < -0.3 is 9.64 Å². The summed E-state index contributed by atoms with van der Waals surface area (Å²) in [7, 11) is 1.65. The van der Waals surface area contributed by atoms with Gasteiger partial charge in [-0.1, -0.05) is 42.5 Å². The van der Waals surface area contributed by atoms with E-state index in [1.807, 2.05) is 29.2 Å². The van der Waals surface area contributed by atoms with E-state index in [9.17, 15) is 4.79 Å². The number of piperazine rings is 1. The molecule has 3 rings (SSSR count). The number of amides is 1. The molecule has 0 aliphatic carbocycles. The van der Waals surface area contributed by atoms with Crippen molar-refractivity contribution < 1.29 is 9.53 Å². The van der Waals surface area contributed by atoms with Crippen LogP contribution in [0.3, 0.4) is 0 Å². The summed E-state index contributed by atoms with van der Waals surface area (Å²) in [6.07, 6.45) is 1.54. The second-order valence-electron chi connectivity index (χ2n) is 6.48. The first-order valence-electron chi connectivity index (χ1n) is 8.91. The summed E-state index contributed by atoms with van der Waals surface area (Å²) in [5.41, 5.74) is 2.41. The molecular formula is C21H26N2O2. The van der Waals surface area contributed by atoms with Gasteiger partial charge in [0.1, 0.15) is 5.75 Å². The number of ether oxygens (including phenoxy) is 1. The maximum absolute atomic E-state index is 12.5. The SMILES string of the molecule is COc1ccc(CC(=O)N2CCN(CCc3ccccc3)CC2)cc1. The summed E-state index contributed by atoms with van der Waals surface area (Å²) in [5.74, 6) is 1.04. The van der Waals surface area contributed by atoms with Crippen molar-refractivity contribution >= 4 is 5.91 Å². The van der Waals surface area contributed by atoms with E-state index in [1.165, 1.54) is 5.56 Å². The Hall–Kier alpha value is -2.33. The summed E-state index contributed by atoms with van der Waals surface area (Å²) in [4.78, 5) is 16.9. The Balaban J connectivity index is 1.42. The zero-order valence-corrected chi connectivity index (χ0v) is 14.9. The van der Waals surface area contributed by atoms with Crippen LogP contribution in [-0.2, 0) is 17.6 Å². The molecule has 1 heterocycles. The van der Waals surface area contributed by atoms with Crippen LogP contribution in [0, 0.1) is 0 Å². The molecule has 1 aliphatic rings. The van der Waals surface area contributed by atoms with Crippen molar-refractivity contribution in [2.24, 2.45) is 0 Å². The number of hydrogen-bond acceptors (Lipinski definition) is 3. The number of carbonyl (C=O) groups is 1. The molecule has 0 bridgehead atoms. The molecule has 0 unspecified atom stereocenters. The number of hydrogen-bond donors (Lipinski definition) is 0. The summed E-state index contributed by atoms with van der Waals surface area (Å²) < 4.78 is 5.16. The van der Waals surface area contributed by atoms with Crippen molar-refractivity contribution in [1.29, 1.82) is 0 Å². The summed E-state index contributed by atoms with van der Waals surface area (Å²) >= 11 is 0. The first-order chi connectivity index (χ1) is 12.2. The van der Waals surface area contributed by atoms with E-state index >= 15 is 0 Å². The number of methoxy groups -OCH3 is 1. The summed E-state index contributed by atoms with van der Waals surface area (Å²) in [5, 5.41) is 0. The summed E-state index contributed by atoms with van der Waals surface area (Å²) in [6.45, 7) is 4.63. The van der Waals surface area contributed by atoms with Crippen molar-refractivity contribution in [3.05, 3.63) is 65.7 Å². The van der Waals surface area contributed by atoms with E-state index in [-0.39, 0.29) is 5.91 Å². The van der Waals surface area contributed by atoms with Gasteiger partial charge in [0.05, 0.1) is 13.5 Å². The zero-order valence-electron chi connectivity index (χ0n) is 14.9. The second-order valence-corrected chi connectivity index (χ2v) is 6.48. The van der Waals surface area contributed by atoms with E-state index in [4.69, 9.17) is 4.74 Å². The Morgan fingerprint density at radius 1 is 0.920 bits per heavy atom. The minimum atomic E-state index is 0.216. The molecular weight excluding hydrogens is 312 g/mol. The Morgan fingerprint density at radius 2 is 1.60 bits per heavy atom. The third-order valence-corrected chi connectivity index (χ3v) is 4.80. The number of nitrogens with zero attached hydrogens (tertiary/aromatic N) is 2. The fourth-order valence-electron chi connectivity index (χ4n) is 3.18. The van der Waals surface area contributed by atoms with Crippen molar-refractivity contribution in [2.75, 3.05) is 39.8 Å². The molecule has 2 aromatic rings. The van der Waals surface area contributed by atoms with Gasteiger partial charge in [-0.15, -0.1) is 0 Å². The first-order valence-corrected chi connectivity index (χ1v) is 8.91. The topological polar surface area (TPSA) is 32.8 Å². The molecule has 4 heteroatoms. The van der Waals surface area contributed by atoms with Gasteiger partial charge in [-0.05, 0) is 29.7 Å². The van der Waals surface area contributed by atoms with Crippen LogP contribution in [0.4, 0.5) is 0 Å². The Morgan fingerprint density at radius 3 is 2.24 bits per heavy atom. The largest absolute Gasteiger partial charge is 0.497 e. The summed E-state index contributed by atoms with van der Waals surface area (Å²) in [6, 6.07) is 18.3. The van der Waals surface area contributed by atoms with Crippen molar-refractivity contribution in [2.45, 2.75) is 12.8 Å². The molecule has 1 aliphatic heterocycles. The molecule has 1 amide bonds. The highest BCUT2D eigenvalue weighted by molar-refractivity contribution is 5.78. The molecule has 0 N–H and O–H groups in total. The number of carbonyl (C=O) groups excluding carboxylic acids is 1. The van der Waals surface area contributed by atoms with E-state index < -0.39 is 0 Å². The molecule has 4 nitrogen and oxygen atoms in total. The minimum Gasteiger partial charge on any atom is -0.497 e. The van der Waals surface area contributed by atoms with Gasteiger partial charge in [0.2, 0.25) is 5.91 Å². The lowest BCUT2D eigenvalue weighted by Crippen LogP contribution is -2.49. The van der Waals surface area contributed by atoms with Crippen LogP contribution >= 0.6 is 0 Å². The van der Waals surface area contributed by atoms with Gasteiger partial charge in [0, 0.05) is 32.7 Å². The molecule has 2 aromatic carbocycles. The lowest BCUT2D eigenvalue weighted by Gasteiger charge is -2.34. The molecule has 0 atom stereocenters. The highest BCUT2D eigenvalue weighted by Crippen LogP contribution is 2.13. The average molecular weight is 338 g/mol. The van der Waals surface area contributed by atoms with E-state index in [0.29, 0.717) is 6.42 Å². The van der Waals surface area contributed by atoms with Gasteiger partial charge in [0.25, 0.3) is 0 Å². The third kappa shape index (κ3) is 5.07. The predicted octanol–water partition coefficient (Wildman–Crippen LogP) is 2.62. The number of benzene rings is 2. The fourth-order valence-corrected chi connectivity index (χ4v) is 3.18. The molecule has 1 fully saturated rings. The number of rotatable bonds is 6. The van der Waals surface area contributed by atoms with E-state index in [1.54, 1.807) is 7.11 Å². The lowest BCUT2D eigenvalue weighted by atomic mass is 10.1. The fraction of sp³-hybridized carbons (Fsp3) is 0.381. The van der Waals surface area contributed by atoms with Gasteiger partial charge in [-0.3, -0.25) is 9.69 Å². The highest BCUT2D eigenvalue weighted by Gasteiger charge is 2.20. The standard InChI is InChI=1S/C21H26N2O2/c1-25-20-9-7-19(8-10-20)17-21(24)23-15-13-22(14-16-23)12-11-18-5-3-2-4-6-18/h2-10H,11-17H2,1H3. The van der Waals surface area contributed by atoms with Gasteiger partial charge in [-0.25, -0.2) is 0 Å². The molecule has 0 aromatic heterocycles. The third-order valence-electron chi connectivity index (χ3n) is 4.80. The minimum absolute atomic E-state index is 0.216. The van der Waals surface area contributed by atoms with Gasteiger partial charge in [-0.2, -0.15) is 0 Å². The van der Waals surface area contributed by atoms with Gasteiger partial charge in [0.15, 0.2) is 0 Å². The monoisotopic (exact) mass is 338 g/mol. The van der Waals surface area contributed by atoms with Crippen LogP contribution in [0.5, 0.6) is 5.75 Å². The quantitative estimate of drug-likeness (QED) is 0.812. The molecule has 1 saturated heterocycles.